The fraction of sp³-hybridized carbons (Fsp3) is 0.333. The van der Waals surface area contributed by atoms with Crippen LogP contribution in [-0.4, -0.2) is 22.2 Å². The summed E-state index contributed by atoms with van der Waals surface area (Å²) >= 11 is 0. The van der Waals surface area contributed by atoms with Crippen LogP contribution < -0.4 is 10.3 Å². The summed E-state index contributed by atoms with van der Waals surface area (Å²) in [6.45, 7) is 1.95. The summed E-state index contributed by atoms with van der Waals surface area (Å²) in [6, 6.07) is 7.51. The number of nitrogens with zero attached hydrogens (tertiary/aromatic N) is 1. The molecule has 2 N–H and O–H groups in total. The molecule has 0 amide bonds. The van der Waals surface area contributed by atoms with Gasteiger partial charge in [0, 0.05) is 12.0 Å². The smallest absolute Gasteiger partial charge is 0.257 e. The predicted molar refractivity (Wildman–Crippen MR) is 76.3 cm³/mol. The van der Waals surface area contributed by atoms with Gasteiger partial charge >= 0.3 is 0 Å². The van der Waals surface area contributed by atoms with Crippen LogP contribution in [0.25, 0.3) is 0 Å². The summed E-state index contributed by atoms with van der Waals surface area (Å²) in [7, 11) is 1.59. The molecule has 2 aromatic rings. The molecule has 20 heavy (non-hydrogen) atoms. The van der Waals surface area contributed by atoms with Crippen molar-refractivity contribution in [1.29, 1.82) is 0 Å². The largest absolute Gasteiger partial charge is 0.496 e. The lowest BCUT2D eigenvalue weighted by atomic mass is 10.1. The number of aromatic nitrogens is 2. The van der Waals surface area contributed by atoms with Gasteiger partial charge < -0.3 is 14.8 Å². The molecule has 0 radical (unpaired) electrons. The Morgan fingerprint density at radius 1 is 1.35 bits per heavy atom. The van der Waals surface area contributed by atoms with E-state index < -0.39 is 0 Å². The first-order valence-electron chi connectivity index (χ1n) is 6.58. The van der Waals surface area contributed by atoms with Gasteiger partial charge in [0.25, 0.3) is 5.56 Å². The summed E-state index contributed by atoms with van der Waals surface area (Å²) in [6.07, 6.45) is 1.70. The van der Waals surface area contributed by atoms with E-state index in [4.69, 9.17) is 4.74 Å². The zero-order valence-corrected chi connectivity index (χ0v) is 11.6. The minimum Gasteiger partial charge on any atom is -0.496 e. The van der Waals surface area contributed by atoms with Crippen LogP contribution in [-0.2, 0) is 12.8 Å². The van der Waals surface area contributed by atoms with Crippen LogP contribution in [0.15, 0.2) is 29.1 Å². The van der Waals surface area contributed by atoms with Crippen LogP contribution in [0.2, 0.25) is 0 Å². The van der Waals surface area contributed by atoms with Crippen molar-refractivity contribution >= 4 is 0 Å². The van der Waals surface area contributed by atoms with Gasteiger partial charge in [0.15, 0.2) is 0 Å². The van der Waals surface area contributed by atoms with Crippen molar-refractivity contribution in [3.05, 3.63) is 51.6 Å². The van der Waals surface area contributed by atoms with Gasteiger partial charge in [0.1, 0.15) is 11.6 Å². The first kappa shape index (κ1) is 14.1. The molecule has 0 aliphatic carbocycles. The van der Waals surface area contributed by atoms with Gasteiger partial charge in [-0.05, 0) is 12.5 Å². The highest BCUT2D eigenvalue weighted by molar-refractivity contribution is 5.35. The third-order valence-corrected chi connectivity index (χ3v) is 3.09. The van der Waals surface area contributed by atoms with Crippen LogP contribution in [0, 0.1) is 0 Å². The molecule has 0 bridgehead atoms. The van der Waals surface area contributed by atoms with Gasteiger partial charge in [0.2, 0.25) is 5.88 Å². The van der Waals surface area contributed by atoms with Crippen molar-refractivity contribution in [2.75, 3.05) is 7.11 Å². The summed E-state index contributed by atoms with van der Waals surface area (Å²) in [5.74, 6) is 0.977. The maximum atomic E-state index is 11.9. The normalized spacial score (nSPS) is 10.5. The van der Waals surface area contributed by atoms with Crippen LogP contribution in [0.5, 0.6) is 11.6 Å². The molecule has 0 saturated carbocycles. The zero-order valence-electron chi connectivity index (χ0n) is 11.6. The van der Waals surface area contributed by atoms with Crippen molar-refractivity contribution in [2.45, 2.75) is 26.2 Å². The molecule has 0 atom stereocenters. The molecular formula is C15H18N2O3. The fourth-order valence-corrected chi connectivity index (χ4v) is 2.12. The van der Waals surface area contributed by atoms with Gasteiger partial charge in [-0.15, -0.1) is 0 Å². The first-order valence-corrected chi connectivity index (χ1v) is 6.58. The molecule has 1 aromatic carbocycles. The number of benzene rings is 1. The molecule has 0 fully saturated rings. The van der Waals surface area contributed by atoms with Gasteiger partial charge in [-0.25, -0.2) is 0 Å². The molecule has 106 valence electrons. The van der Waals surface area contributed by atoms with Crippen LogP contribution in [0.1, 0.15) is 30.3 Å². The van der Waals surface area contributed by atoms with Crippen molar-refractivity contribution in [3.63, 3.8) is 0 Å². The molecule has 2 rings (SSSR count). The maximum Gasteiger partial charge on any atom is 0.257 e. The third kappa shape index (κ3) is 2.99. The van der Waals surface area contributed by atoms with Crippen molar-refractivity contribution < 1.29 is 9.84 Å². The van der Waals surface area contributed by atoms with Crippen LogP contribution in [0.3, 0.4) is 0 Å². The Labute approximate surface area is 117 Å². The van der Waals surface area contributed by atoms with E-state index in [1.807, 2.05) is 31.2 Å². The maximum absolute atomic E-state index is 11.9. The molecule has 0 saturated heterocycles. The molecule has 1 heterocycles. The number of H-pyrrole nitrogens is 1. The number of rotatable bonds is 5. The number of nitrogens with one attached hydrogen (secondary N) is 1. The Morgan fingerprint density at radius 3 is 2.75 bits per heavy atom. The number of hydrogen-bond donors (Lipinski definition) is 2. The molecular weight excluding hydrogens is 256 g/mol. The average molecular weight is 274 g/mol. The Morgan fingerprint density at radius 2 is 2.10 bits per heavy atom. The zero-order chi connectivity index (χ0) is 14.5. The topological polar surface area (TPSA) is 75.2 Å². The quantitative estimate of drug-likeness (QED) is 0.874. The Hall–Kier alpha value is -2.30. The van der Waals surface area contributed by atoms with Crippen molar-refractivity contribution in [2.24, 2.45) is 0 Å². The number of ether oxygens (including phenoxy) is 1. The van der Waals surface area contributed by atoms with E-state index in [1.165, 1.54) is 0 Å². The van der Waals surface area contributed by atoms with E-state index in [1.54, 1.807) is 7.11 Å². The monoisotopic (exact) mass is 274 g/mol. The molecule has 0 unspecified atom stereocenters. The van der Waals surface area contributed by atoms with Crippen molar-refractivity contribution in [1.82, 2.24) is 9.97 Å². The number of para-hydroxylation sites is 1. The van der Waals surface area contributed by atoms with Crippen LogP contribution in [0.4, 0.5) is 0 Å². The lowest BCUT2D eigenvalue weighted by Crippen LogP contribution is -2.17. The molecule has 0 aliphatic rings. The Bertz CT molecular complexity index is 650. The first-order chi connectivity index (χ1) is 9.65. The van der Waals surface area contributed by atoms with E-state index in [0.29, 0.717) is 24.2 Å². The molecule has 1 aromatic heterocycles. The van der Waals surface area contributed by atoms with E-state index in [2.05, 4.69) is 9.97 Å². The number of aromatic hydroxyl groups is 1. The van der Waals surface area contributed by atoms with Crippen LogP contribution >= 0.6 is 0 Å². The highest BCUT2D eigenvalue weighted by atomic mass is 16.5. The van der Waals surface area contributed by atoms with E-state index in [0.717, 1.165) is 17.7 Å². The van der Waals surface area contributed by atoms with Crippen molar-refractivity contribution in [3.8, 4) is 11.6 Å². The fourth-order valence-electron chi connectivity index (χ4n) is 2.12. The number of aromatic amines is 1. The SMILES string of the molecule is CCCc1c(O)nc(Cc2ccccc2OC)[nH]c1=O. The lowest BCUT2D eigenvalue weighted by molar-refractivity contribution is 0.409. The summed E-state index contributed by atoms with van der Waals surface area (Å²) in [5.41, 5.74) is 0.973. The number of hydrogen-bond acceptors (Lipinski definition) is 4. The standard InChI is InChI=1S/C15H18N2O3/c1-3-6-11-14(18)16-13(17-15(11)19)9-10-7-4-5-8-12(10)20-2/h4-5,7-8H,3,6,9H2,1-2H3,(H2,16,17,18,19). The molecule has 0 aliphatic heterocycles. The van der Waals surface area contributed by atoms with E-state index in [-0.39, 0.29) is 11.4 Å². The minimum atomic E-state index is -0.274. The second-order valence-electron chi connectivity index (χ2n) is 4.55. The Balaban J connectivity index is 2.33. The van der Waals surface area contributed by atoms with Gasteiger partial charge in [-0.2, -0.15) is 4.98 Å². The average Bonchev–Trinajstić information content (AvgIpc) is 2.43. The summed E-state index contributed by atoms with van der Waals surface area (Å²) in [4.78, 5) is 18.7. The number of methoxy groups -OCH3 is 1. The molecule has 5 heteroatoms. The predicted octanol–water partition coefficient (Wildman–Crippen LogP) is 2.03. The highest BCUT2D eigenvalue weighted by Gasteiger charge is 2.11. The summed E-state index contributed by atoms with van der Waals surface area (Å²) in [5, 5.41) is 9.85. The third-order valence-electron chi connectivity index (χ3n) is 3.09. The molecule has 0 spiro atoms. The van der Waals surface area contributed by atoms with E-state index in [9.17, 15) is 9.90 Å². The minimum absolute atomic E-state index is 0.180. The molecule has 5 nitrogen and oxygen atoms in total. The van der Waals surface area contributed by atoms with Gasteiger partial charge in [-0.1, -0.05) is 31.5 Å². The van der Waals surface area contributed by atoms with Gasteiger partial charge in [0.05, 0.1) is 12.7 Å². The summed E-state index contributed by atoms with van der Waals surface area (Å²) < 4.78 is 5.26. The second-order valence-corrected chi connectivity index (χ2v) is 4.55. The lowest BCUT2D eigenvalue weighted by Gasteiger charge is -2.08. The Kier molecular flexibility index (Phi) is 4.40. The van der Waals surface area contributed by atoms with Gasteiger partial charge in [-0.3, -0.25) is 4.79 Å². The second kappa shape index (κ2) is 6.23. The highest BCUT2D eigenvalue weighted by Crippen LogP contribution is 2.20. The van der Waals surface area contributed by atoms with E-state index >= 15 is 0 Å².